The van der Waals surface area contributed by atoms with E-state index >= 15 is 0 Å². The second-order valence-corrected chi connectivity index (χ2v) is 8.12. The number of nitrogen functional groups attached to an aromatic ring is 1. The zero-order valence-electron chi connectivity index (χ0n) is 17.8. The molecule has 5 N–H and O–H groups in total. The van der Waals surface area contributed by atoms with E-state index in [2.05, 4.69) is 0 Å². The Balaban J connectivity index is 1.74. The number of aromatic hydroxyl groups is 3. The van der Waals surface area contributed by atoms with Gasteiger partial charge >= 0.3 is 0 Å². The monoisotopic (exact) mass is 430 g/mol. The smallest absolute Gasteiger partial charge is 0.229 e. The highest BCUT2D eigenvalue weighted by Gasteiger charge is 2.32. The molecule has 0 radical (unpaired) electrons. The maximum Gasteiger partial charge on any atom is 0.229 e. The number of nitrogens with two attached hydrogens (primary N) is 1. The predicted molar refractivity (Wildman–Crippen MR) is 124 cm³/mol. The van der Waals surface area contributed by atoms with Gasteiger partial charge in [0.1, 0.15) is 17.2 Å². The van der Waals surface area contributed by atoms with Crippen LogP contribution in [0.15, 0.2) is 72.3 Å². The average Bonchev–Trinajstić information content (AvgIpc) is 2.78. The van der Waals surface area contributed by atoms with E-state index in [4.69, 9.17) is 5.73 Å². The van der Waals surface area contributed by atoms with Crippen molar-refractivity contribution in [1.29, 1.82) is 0 Å². The Morgan fingerprint density at radius 2 is 1.53 bits per heavy atom. The summed E-state index contributed by atoms with van der Waals surface area (Å²) < 4.78 is 0. The Bertz CT molecular complexity index is 1170. The Kier molecular flexibility index (Phi) is 5.77. The van der Waals surface area contributed by atoms with Crippen molar-refractivity contribution in [2.24, 2.45) is 5.92 Å². The minimum absolute atomic E-state index is 0.00864. The Morgan fingerprint density at radius 3 is 2.19 bits per heavy atom. The summed E-state index contributed by atoms with van der Waals surface area (Å²) in [4.78, 5) is 15.1. The molecule has 0 spiro atoms. The summed E-state index contributed by atoms with van der Waals surface area (Å²) in [5.41, 5.74) is 11.0. The molecule has 1 fully saturated rings. The molecule has 32 heavy (non-hydrogen) atoms. The first-order valence-corrected chi connectivity index (χ1v) is 10.5. The molecule has 0 aliphatic carbocycles. The van der Waals surface area contributed by atoms with Gasteiger partial charge in [-0.2, -0.15) is 0 Å². The average molecular weight is 431 g/mol. The van der Waals surface area contributed by atoms with Crippen LogP contribution in [0.4, 0.5) is 5.69 Å². The molecule has 0 aromatic heterocycles. The lowest BCUT2D eigenvalue weighted by atomic mass is 9.82. The quantitative estimate of drug-likeness (QED) is 0.366. The molecule has 1 saturated heterocycles. The number of phenolic OH excluding ortho intramolecular Hbond substituents is 3. The fourth-order valence-electron chi connectivity index (χ4n) is 4.23. The first-order valence-electron chi connectivity index (χ1n) is 10.5. The van der Waals surface area contributed by atoms with Crippen LogP contribution in [0.1, 0.15) is 30.0 Å². The SMILES string of the molecule is CC1C(=O)N(Cc2ccc(O)cc2)CC/C1=C(\c1ccc(O)cc1)c1cc(O)ccc1N. The molecule has 0 bridgehead atoms. The third kappa shape index (κ3) is 4.25. The van der Waals surface area contributed by atoms with E-state index in [1.54, 1.807) is 48.5 Å². The molecule has 1 aliphatic heterocycles. The number of rotatable bonds is 4. The molecular formula is C26H26N2O4. The largest absolute Gasteiger partial charge is 0.508 e. The van der Waals surface area contributed by atoms with E-state index in [-0.39, 0.29) is 29.1 Å². The first-order chi connectivity index (χ1) is 15.3. The fraction of sp³-hybridized carbons (Fsp3) is 0.192. The summed E-state index contributed by atoms with van der Waals surface area (Å²) in [5, 5.41) is 29.4. The number of likely N-dealkylation sites (tertiary alicyclic amines) is 1. The van der Waals surface area contributed by atoms with Crippen molar-refractivity contribution >= 4 is 17.2 Å². The van der Waals surface area contributed by atoms with Crippen LogP contribution in [0.3, 0.4) is 0 Å². The number of benzene rings is 3. The topological polar surface area (TPSA) is 107 Å². The molecule has 0 saturated carbocycles. The summed E-state index contributed by atoms with van der Waals surface area (Å²) in [7, 11) is 0. The minimum atomic E-state index is -0.383. The molecule has 6 heteroatoms. The van der Waals surface area contributed by atoms with E-state index in [0.29, 0.717) is 30.8 Å². The van der Waals surface area contributed by atoms with Crippen LogP contribution in [0.2, 0.25) is 0 Å². The normalized spacial score (nSPS) is 18.0. The summed E-state index contributed by atoms with van der Waals surface area (Å²) in [6.45, 7) is 2.90. The van der Waals surface area contributed by atoms with Gasteiger partial charge in [-0.1, -0.05) is 24.3 Å². The van der Waals surface area contributed by atoms with Gasteiger partial charge in [-0.15, -0.1) is 0 Å². The summed E-state index contributed by atoms with van der Waals surface area (Å²) >= 11 is 0. The number of piperidine rings is 1. The molecule has 164 valence electrons. The molecule has 4 rings (SSSR count). The number of hydrogen-bond acceptors (Lipinski definition) is 5. The van der Waals surface area contributed by atoms with Crippen LogP contribution < -0.4 is 5.73 Å². The van der Waals surface area contributed by atoms with Crippen molar-refractivity contribution in [1.82, 2.24) is 4.90 Å². The van der Waals surface area contributed by atoms with Gasteiger partial charge in [0.15, 0.2) is 0 Å². The molecule has 1 unspecified atom stereocenters. The molecule has 3 aromatic carbocycles. The van der Waals surface area contributed by atoms with Crippen molar-refractivity contribution < 1.29 is 20.1 Å². The van der Waals surface area contributed by atoms with Crippen molar-refractivity contribution in [2.45, 2.75) is 19.9 Å². The highest BCUT2D eigenvalue weighted by atomic mass is 16.3. The number of carbonyl (C=O) groups is 1. The number of phenols is 3. The van der Waals surface area contributed by atoms with Crippen LogP contribution in [0.5, 0.6) is 17.2 Å². The van der Waals surface area contributed by atoms with Gasteiger partial charge in [0.25, 0.3) is 0 Å². The zero-order chi connectivity index (χ0) is 22.8. The number of anilines is 1. The van der Waals surface area contributed by atoms with Crippen molar-refractivity contribution in [3.05, 3.63) is 89.0 Å². The van der Waals surface area contributed by atoms with Crippen LogP contribution in [-0.2, 0) is 11.3 Å². The fourth-order valence-corrected chi connectivity index (χ4v) is 4.23. The lowest BCUT2D eigenvalue weighted by Gasteiger charge is -2.34. The lowest BCUT2D eigenvalue weighted by molar-refractivity contribution is -0.136. The number of nitrogens with zero attached hydrogens (tertiary/aromatic N) is 1. The van der Waals surface area contributed by atoms with Gasteiger partial charge in [0, 0.05) is 24.3 Å². The zero-order valence-corrected chi connectivity index (χ0v) is 17.8. The van der Waals surface area contributed by atoms with Crippen molar-refractivity contribution in [2.75, 3.05) is 12.3 Å². The van der Waals surface area contributed by atoms with E-state index in [0.717, 1.165) is 22.3 Å². The molecule has 1 aliphatic rings. The Hall–Kier alpha value is -3.93. The van der Waals surface area contributed by atoms with E-state index in [1.807, 2.05) is 24.0 Å². The molecule has 6 nitrogen and oxygen atoms in total. The van der Waals surface area contributed by atoms with E-state index < -0.39 is 0 Å². The van der Waals surface area contributed by atoms with E-state index in [9.17, 15) is 20.1 Å². The van der Waals surface area contributed by atoms with E-state index in [1.165, 1.54) is 6.07 Å². The number of carbonyl (C=O) groups excluding carboxylic acids is 1. The van der Waals surface area contributed by atoms with Gasteiger partial charge in [-0.05, 0) is 78.1 Å². The van der Waals surface area contributed by atoms with Gasteiger partial charge in [-0.25, -0.2) is 0 Å². The minimum Gasteiger partial charge on any atom is -0.508 e. The maximum atomic E-state index is 13.3. The van der Waals surface area contributed by atoms with Gasteiger partial charge in [0.05, 0.1) is 5.92 Å². The molecule has 1 amide bonds. The summed E-state index contributed by atoms with van der Waals surface area (Å²) in [6, 6.07) is 18.4. The van der Waals surface area contributed by atoms with Crippen LogP contribution in [-0.4, -0.2) is 32.7 Å². The predicted octanol–water partition coefficient (Wildman–Crippen LogP) is 4.26. The Labute approximate surface area is 186 Å². The highest BCUT2D eigenvalue weighted by Crippen LogP contribution is 2.39. The molecule has 1 heterocycles. The third-order valence-corrected chi connectivity index (χ3v) is 5.95. The first kappa shape index (κ1) is 21.3. The summed E-state index contributed by atoms with van der Waals surface area (Å²) in [5.74, 6) is 0.0601. The molecule has 3 aromatic rings. The maximum absolute atomic E-state index is 13.3. The highest BCUT2D eigenvalue weighted by molar-refractivity contribution is 5.93. The van der Waals surface area contributed by atoms with Crippen molar-refractivity contribution in [3.63, 3.8) is 0 Å². The van der Waals surface area contributed by atoms with Gasteiger partial charge in [-0.3, -0.25) is 4.79 Å². The molecular weight excluding hydrogens is 404 g/mol. The van der Waals surface area contributed by atoms with Crippen LogP contribution in [0, 0.1) is 5.92 Å². The molecule has 1 atom stereocenters. The van der Waals surface area contributed by atoms with Crippen LogP contribution in [0.25, 0.3) is 5.57 Å². The summed E-state index contributed by atoms with van der Waals surface area (Å²) in [6.07, 6.45) is 0.649. The number of hydrogen-bond donors (Lipinski definition) is 4. The second-order valence-electron chi connectivity index (χ2n) is 8.12. The lowest BCUT2D eigenvalue weighted by Crippen LogP contribution is -2.41. The second kappa shape index (κ2) is 8.67. The third-order valence-electron chi connectivity index (χ3n) is 5.95. The standard InChI is InChI=1S/C26H26N2O4/c1-16-22(12-13-28(26(16)32)15-17-2-6-19(29)7-3-17)25(18-4-8-20(30)9-5-18)23-14-21(31)10-11-24(23)27/h2-11,14,16,29-31H,12-13,15,27H2,1H3/b25-22-. The van der Waals surface area contributed by atoms with Gasteiger partial charge in [0.2, 0.25) is 5.91 Å². The number of amides is 1. The van der Waals surface area contributed by atoms with Crippen LogP contribution >= 0.6 is 0 Å². The Morgan fingerprint density at radius 1 is 0.938 bits per heavy atom. The van der Waals surface area contributed by atoms with Crippen molar-refractivity contribution in [3.8, 4) is 17.2 Å². The van der Waals surface area contributed by atoms with Gasteiger partial charge < -0.3 is 26.0 Å².